The quantitative estimate of drug-likeness (QED) is 0.556. The van der Waals surface area contributed by atoms with Gasteiger partial charge in [0, 0.05) is 48.1 Å². The van der Waals surface area contributed by atoms with Crippen LogP contribution in [0.25, 0.3) is 11.4 Å². The lowest BCUT2D eigenvalue weighted by molar-refractivity contribution is -0.120. The molecule has 0 saturated carbocycles. The van der Waals surface area contributed by atoms with Gasteiger partial charge >= 0.3 is 0 Å². The molecule has 170 valence electrons. The van der Waals surface area contributed by atoms with Crippen LogP contribution in [0.5, 0.6) is 5.75 Å². The van der Waals surface area contributed by atoms with Crippen LogP contribution in [0.15, 0.2) is 44.4 Å². The van der Waals surface area contributed by atoms with E-state index in [-0.39, 0.29) is 29.1 Å². The molecule has 0 atom stereocenters. The van der Waals surface area contributed by atoms with Gasteiger partial charge in [0.2, 0.25) is 17.6 Å². The van der Waals surface area contributed by atoms with Gasteiger partial charge in [-0.25, -0.2) is 8.42 Å². The van der Waals surface area contributed by atoms with Gasteiger partial charge in [0.05, 0.1) is 7.11 Å². The largest absolute Gasteiger partial charge is 0.497 e. The molecule has 1 N–H and O–H groups in total. The number of sulfonamides is 1. The van der Waals surface area contributed by atoms with Crippen LogP contribution < -0.4 is 10.1 Å². The van der Waals surface area contributed by atoms with Crippen LogP contribution in [0, 0.1) is 5.92 Å². The van der Waals surface area contributed by atoms with Crippen molar-refractivity contribution >= 4 is 33.0 Å². The summed E-state index contributed by atoms with van der Waals surface area (Å²) in [6.45, 7) is 2.48. The number of hydrogen-bond donors (Lipinski definition) is 1. The van der Waals surface area contributed by atoms with Crippen LogP contribution in [-0.2, 0) is 21.2 Å². The van der Waals surface area contributed by atoms with Gasteiger partial charge in [-0.3, -0.25) is 4.79 Å². The molecule has 32 heavy (non-hydrogen) atoms. The van der Waals surface area contributed by atoms with E-state index < -0.39 is 10.0 Å². The summed E-state index contributed by atoms with van der Waals surface area (Å²) in [5, 5.41) is 8.51. The second-order valence-electron chi connectivity index (χ2n) is 7.42. The van der Waals surface area contributed by atoms with Gasteiger partial charge in [0.25, 0.3) is 10.0 Å². The highest BCUT2D eigenvalue weighted by atomic mass is 32.2. The smallest absolute Gasteiger partial charge is 0.252 e. The second-order valence-corrected chi connectivity index (χ2v) is 10.5. The van der Waals surface area contributed by atoms with Gasteiger partial charge in [0.1, 0.15) is 9.96 Å². The summed E-state index contributed by atoms with van der Waals surface area (Å²) < 4.78 is 38.1. The molecule has 0 spiro atoms. The molecule has 1 amide bonds. The average Bonchev–Trinajstić information content (AvgIpc) is 3.49. The van der Waals surface area contributed by atoms with Crippen LogP contribution in [-0.4, -0.2) is 49.0 Å². The van der Waals surface area contributed by atoms with Crippen molar-refractivity contribution in [1.82, 2.24) is 14.4 Å². The molecule has 2 aromatic heterocycles. The number of carbonyl (C=O) groups excluding carboxylic acids is 1. The van der Waals surface area contributed by atoms with Crippen molar-refractivity contribution in [1.29, 1.82) is 0 Å². The zero-order chi connectivity index (χ0) is 22.7. The lowest BCUT2D eigenvalue weighted by Crippen LogP contribution is -2.41. The molecule has 11 heteroatoms. The summed E-state index contributed by atoms with van der Waals surface area (Å²) in [4.78, 5) is 16.9. The summed E-state index contributed by atoms with van der Waals surface area (Å²) in [6, 6.07) is 8.72. The van der Waals surface area contributed by atoms with E-state index in [9.17, 15) is 13.2 Å². The first-order valence-electron chi connectivity index (χ1n) is 10.3. The number of aryl methyl sites for hydroxylation is 1. The fraction of sp³-hybridized carbons (Fsp3) is 0.381. The SMILES string of the molecule is CCc1nc(-c2csc(S(=O)(=O)N3CCC(C(=O)Nc4cccc(OC)c4)CC3)c2)no1. The monoisotopic (exact) mass is 476 g/mol. The third kappa shape index (κ3) is 4.69. The Kier molecular flexibility index (Phi) is 6.58. The van der Waals surface area contributed by atoms with Crippen LogP contribution in [0.4, 0.5) is 5.69 Å². The Morgan fingerprint density at radius 2 is 2.09 bits per heavy atom. The molecule has 4 rings (SSSR count). The molecule has 3 aromatic rings. The van der Waals surface area contributed by atoms with Crippen molar-refractivity contribution in [2.75, 3.05) is 25.5 Å². The summed E-state index contributed by atoms with van der Waals surface area (Å²) in [7, 11) is -2.08. The number of aromatic nitrogens is 2. The molecule has 9 nitrogen and oxygen atoms in total. The van der Waals surface area contributed by atoms with Gasteiger partial charge in [0.15, 0.2) is 0 Å². The van der Waals surface area contributed by atoms with E-state index in [1.54, 1.807) is 42.8 Å². The number of rotatable bonds is 7. The molecule has 0 aliphatic carbocycles. The molecule has 1 aliphatic heterocycles. The lowest BCUT2D eigenvalue weighted by Gasteiger charge is -2.30. The maximum atomic E-state index is 13.1. The summed E-state index contributed by atoms with van der Waals surface area (Å²) in [5.41, 5.74) is 1.27. The fourth-order valence-electron chi connectivity index (χ4n) is 3.52. The Morgan fingerprint density at radius 1 is 1.31 bits per heavy atom. The predicted molar refractivity (Wildman–Crippen MR) is 120 cm³/mol. The first-order chi connectivity index (χ1) is 15.4. The van der Waals surface area contributed by atoms with Gasteiger partial charge < -0.3 is 14.6 Å². The average molecular weight is 477 g/mol. The third-order valence-corrected chi connectivity index (χ3v) is 8.67. The van der Waals surface area contributed by atoms with Crippen molar-refractivity contribution in [3.05, 3.63) is 41.6 Å². The van der Waals surface area contributed by atoms with Gasteiger partial charge in [-0.15, -0.1) is 11.3 Å². The Bertz CT molecular complexity index is 1200. The maximum Gasteiger partial charge on any atom is 0.252 e. The second kappa shape index (κ2) is 9.39. The zero-order valence-corrected chi connectivity index (χ0v) is 19.4. The predicted octanol–water partition coefficient (Wildman–Crippen LogP) is 3.41. The molecular formula is C21H24N4O5S2. The number of thiophene rings is 1. The minimum atomic E-state index is -3.65. The molecule has 1 saturated heterocycles. The van der Waals surface area contributed by atoms with E-state index in [4.69, 9.17) is 9.26 Å². The minimum Gasteiger partial charge on any atom is -0.497 e. The van der Waals surface area contributed by atoms with Crippen LogP contribution in [0.3, 0.4) is 0 Å². The molecule has 1 aromatic carbocycles. The number of carbonyl (C=O) groups is 1. The molecule has 0 radical (unpaired) electrons. The topological polar surface area (TPSA) is 115 Å². The van der Waals surface area contributed by atoms with Crippen LogP contribution in [0.1, 0.15) is 25.7 Å². The van der Waals surface area contributed by atoms with E-state index in [1.807, 2.05) is 6.92 Å². The fourth-order valence-corrected chi connectivity index (χ4v) is 6.30. The standard InChI is InChI=1S/C21H24N4O5S2/c1-3-18-23-20(24-30-18)15-11-19(31-13-15)32(27,28)25-9-7-14(8-10-25)21(26)22-16-5-4-6-17(12-16)29-2/h4-6,11-14H,3,7-10H2,1-2H3,(H,22,26). The normalized spacial score (nSPS) is 15.6. The number of hydrogen-bond acceptors (Lipinski definition) is 8. The molecule has 0 unspecified atom stereocenters. The zero-order valence-electron chi connectivity index (χ0n) is 17.8. The first-order valence-corrected chi connectivity index (χ1v) is 12.6. The van der Waals surface area contributed by atoms with Crippen molar-refractivity contribution in [3.8, 4) is 17.1 Å². The highest BCUT2D eigenvalue weighted by Crippen LogP contribution is 2.31. The number of piperidine rings is 1. The van der Waals surface area contributed by atoms with E-state index in [0.717, 1.165) is 11.3 Å². The molecule has 1 fully saturated rings. The van der Waals surface area contributed by atoms with Crippen molar-refractivity contribution < 1.29 is 22.5 Å². The van der Waals surface area contributed by atoms with Crippen LogP contribution >= 0.6 is 11.3 Å². The van der Waals surface area contributed by atoms with Crippen molar-refractivity contribution in [3.63, 3.8) is 0 Å². The number of methoxy groups -OCH3 is 1. The Morgan fingerprint density at radius 3 is 2.78 bits per heavy atom. The van der Waals surface area contributed by atoms with E-state index in [0.29, 0.717) is 48.0 Å². The molecule has 1 aliphatic rings. The Labute approximate surface area is 190 Å². The van der Waals surface area contributed by atoms with Gasteiger partial charge in [-0.1, -0.05) is 18.1 Å². The number of anilines is 1. The Hall–Kier alpha value is -2.76. The number of nitrogens with one attached hydrogen (secondary N) is 1. The van der Waals surface area contributed by atoms with E-state index >= 15 is 0 Å². The van der Waals surface area contributed by atoms with Gasteiger partial charge in [-0.2, -0.15) is 9.29 Å². The van der Waals surface area contributed by atoms with Crippen molar-refractivity contribution in [2.24, 2.45) is 5.92 Å². The van der Waals surface area contributed by atoms with Crippen molar-refractivity contribution in [2.45, 2.75) is 30.4 Å². The molecule has 0 bridgehead atoms. The first kappa shape index (κ1) is 22.4. The Balaban J connectivity index is 1.38. The minimum absolute atomic E-state index is 0.113. The number of amides is 1. The van der Waals surface area contributed by atoms with Gasteiger partial charge in [-0.05, 0) is 31.0 Å². The highest BCUT2D eigenvalue weighted by Gasteiger charge is 2.33. The number of nitrogens with zero attached hydrogens (tertiary/aromatic N) is 3. The highest BCUT2D eigenvalue weighted by molar-refractivity contribution is 7.91. The van der Waals surface area contributed by atoms with Crippen LogP contribution in [0.2, 0.25) is 0 Å². The summed E-state index contributed by atoms with van der Waals surface area (Å²) in [5.74, 6) is 1.18. The molecule has 3 heterocycles. The lowest BCUT2D eigenvalue weighted by atomic mass is 9.97. The third-order valence-electron chi connectivity index (χ3n) is 5.36. The number of benzene rings is 1. The number of ether oxygens (including phenoxy) is 1. The maximum absolute atomic E-state index is 13.1. The molecular weight excluding hydrogens is 452 g/mol. The van der Waals surface area contributed by atoms with E-state index in [1.165, 1.54) is 4.31 Å². The summed E-state index contributed by atoms with van der Waals surface area (Å²) >= 11 is 1.13. The van der Waals surface area contributed by atoms with E-state index in [2.05, 4.69) is 15.5 Å². The summed E-state index contributed by atoms with van der Waals surface area (Å²) in [6.07, 6.45) is 1.53.